The normalized spacial score (nSPS) is 14.7. The zero-order chi connectivity index (χ0) is 11.0. The number of Topliss-reactive ketones (excluding diaryl/α,β-unsaturated/α-hetero) is 1. The predicted octanol–water partition coefficient (Wildman–Crippen LogP) is 1.76. The van der Waals surface area contributed by atoms with E-state index in [2.05, 4.69) is 0 Å². The molecule has 4 heteroatoms. The van der Waals surface area contributed by atoms with Crippen molar-refractivity contribution in [2.24, 2.45) is 0 Å². The molecule has 1 amide bonds. The van der Waals surface area contributed by atoms with Gasteiger partial charge >= 0.3 is 0 Å². The van der Waals surface area contributed by atoms with E-state index in [-0.39, 0.29) is 0 Å². The van der Waals surface area contributed by atoms with Crippen LogP contribution in [-0.2, 0) is 4.79 Å². The van der Waals surface area contributed by atoms with Crippen molar-refractivity contribution in [3.8, 4) is 0 Å². The zero-order valence-corrected chi connectivity index (χ0v) is 9.04. The Morgan fingerprint density at radius 2 is 2.07 bits per heavy atom. The molecule has 0 bridgehead atoms. The molecule has 0 aliphatic carbocycles. The van der Waals surface area contributed by atoms with Crippen LogP contribution >= 0.6 is 11.6 Å². The number of amides is 1. The van der Waals surface area contributed by atoms with Gasteiger partial charge in [0.1, 0.15) is 0 Å². The minimum absolute atomic E-state index is 0.326. The molecule has 0 N–H and O–H groups in total. The predicted molar refractivity (Wildman–Crippen MR) is 58.6 cm³/mol. The van der Waals surface area contributed by atoms with Gasteiger partial charge in [0.15, 0.2) is 0 Å². The van der Waals surface area contributed by atoms with Crippen molar-refractivity contribution in [1.82, 2.24) is 0 Å². The monoisotopic (exact) mass is 223 g/mol. The number of benzene rings is 1. The maximum Gasteiger partial charge on any atom is 0.299 e. The maximum atomic E-state index is 11.6. The molecule has 2 rings (SSSR count). The summed E-state index contributed by atoms with van der Waals surface area (Å²) in [6.45, 7) is 2.26. The molecule has 0 fully saturated rings. The number of hydrogen-bond donors (Lipinski definition) is 0. The number of ketones is 1. The Kier molecular flexibility index (Phi) is 2.49. The van der Waals surface area contributed by atoms with E-state index < -0.39 is 11.7 Å². The molecule has 0 radical (unpaired) electrons. The van der Waals surface area contributed by atoms with Crippen molar-refractivity contribution in [1.29, 1.82) is 0 Å². The van der Waals surface area contributed by atoms with E-state index in [1.54, 1.807) is 12.1 Å². The molecule has 0 saturated carbocycles. The number of alkyl halides is 1. The number of carbonyl (C=O) groups excluding carboxylic acids is 2. The van der Waals surface area contributed by atoms with Crippen LogP contribution in [-0.4, -0.2) is 24.1 Å². The van der Waals surface area contributed by atoms with Gasteiger partial charge in [0, 0.05) is 12.4 Å². The SMILES string of the molecule is Cc1cccc2c1N(CCCl)C(=O)C2=O. The van der Waals surface area contributed by atoms with E-state index in [4.69, 9.17) is 11.6 Å². The molecule has 0 unspecified atom stereocenters. The van der Waals surface area contributed by atoms with E-state index in [0.29, 0.717) is 23.7 Å². The van der Waals surface area contributed by atoms with Gasteiger partial charge in [-0.15, -0.1) is 11.6 Å². The molecule has 1 aromatic rings. The van der Waals surface area contributed by atoms with Crippen LogP contribution in [0.3, 0.4) is 0 Å². The summed E-state index contributed by atoms with van der Waals surface area (Å²) in [5.41, 5.74) is 2.13. The highest BCUT2D eigenvalue weighted by Gasteiger charge is 2.35. The van der Waals surface area contributed by atoms with Gasteiger partial charge in [0.05, 0.1) is 11.3 Å². The Hall–Kier alpha value is -1.35. The minimum Gasteiger partial charge on any atom is -0.303 e. The summed E-state index contributed by atoms with van der Waals surface area (Å²) in [5, 5.41) is 0. The van der Waals surface area contributed by atoms with E-state index in [9.17, 15) is 9.59 Å². The van der Waals surface area contributed by atoms with Crippen molar-refractivity contribution in [2.45, 2.75) is 6.92 Å². The summed E-state index contributed by atoms with van der Waals surface area (Å²) in [6.07, 6.45) is 0. The first-order valence-corrected chi connectivity index (χ1v) is 5.22. The average molecular weight is 224 g/mol. The van der Waals surface area contributed by atoms with Gasteiger partial charge in [-0.25, -0.2) is 0 Å². The number of carbonyl (C=O) groups is 2. The summed E-state index contributed by atoms with van der Waals surface area (Å²) >= 11 is 5.61. The molecule has 0 aromatic heterocycles. The molecule has 3 nitrogen and oxygen atoms in total. The third-order valence-electron chi connectivity index (χ3n) is 2.50. The average Bonchev–Trinajstić information content (AvgIpc) is 2.46. The molecule has 1 aliphatic heterocycles. The fourth-order valence-corrected chi connectivity index (χ4v) is 2.01. The summed E-state index contributed by atoms with van der Waals surface area (Å²) < 4.78 is 0. The summed E-state index contributed by atoms with van der Waals surface area (Å²) in [5.74, 6) is -0.578. The third-order valence-corrected chi connectivity index (χ3v) is 2.67. The molecule has 0 spiro atoms. The van der Waals surface area contributed by atoms with Gasteiger partial charge in [0.2, 0.25) is 0 Å². The number of hydrogen-bond acceptors (Lipinski definition) is 2. The minimum atomic E-state index is -0.472. The Bertz CT molecular complexity index is 442. The van der Waals surface area contributed by atoms with Crippen LogP contribution < -0.4 is 4.90 Å². The summed E-state index contributed by atoms with van der Waals surface area (Å²) in [6, 6.07) is 5.34. The van der Waals surface area contributed by atoms with Gasteiger partial charge in [-0.05, 0) is 18.6 Å². The van der Waals surface area contributed by atoms with E-state index in [0.717, 1.165) is 5.56 Å². The zero-order valence-electron chi connectivity index (χ0n) is 8.29. The molecule has 78 valence electrons. The number of fused-ring (bicyclic) bond motifs is 1. The van der Waals surface area contributed by atoms with Gasteiger partial charge in [-0.1, -0.05) is 12.1 Å². The molecule has 0 atom stereocenters. The number of halogens is 1. The maximum absolute atomic E-state index is 11.6. The van der Waals surface area contributed by atoms with Crippen LogP contribution in [0.25, 0.3) is 0 Å². The van der Waals surface area contributed by atoms with Crippen LogP contribution in [0, 0.1) is 6.92 Å². The number of anilines is 1. The molecule has 1 heterocycles. The smallest absolute Gasteiger partial charge is 0.299 e. The van der Waals surface area contributed by atoms with Crippen molar-refractivity contribution >= 4 is 29.0 Å². The summed E-state index contributed by atoms with van der Waals surface area (Å²) in [7, 11) is 0. The number of para-hydroxylation sites is 1. The highest BCUT2D eigenvalue weighted by molar-refractivity contribution is 6.52. The lowest BCUT2D eigenvalue weighted by Crippen LogP contribution is -2.31. The van der Waals surface area contributed by atoms with Crippen LogP contribution in [0.5, 0.6) is 0 Å². The van der Waals surface area contributed by atoms with Crippen LogP contribution in [0.1, 0.15) is 15.9 Å². The van der Waals surface area contributed by atoms with Crippen molar-refractivity contribution in [3.05, 3.63) is 29.3 Å². The first-order valence-electron chi connectivity index (χ1n) is 4.68. The lowest BCUT2D eigenvalue weighted by atomic mass is 10.1. The van der Waals surface area contributed by atoms with Crippen LogP contribution in [0.15, 0.2) is 18.2 Å². The Balaban J connectivity index is 2.56. The van der Waals surface area contributed by atoms with Crippen molar-refractivity contribution < 1.29 is 9.59 Å². The Morgan fingerprint density at radius 1 is 1.33 bits per heavy atom. The fourth-order valence-electron chi connectivity index (χ4n) is 1.84. The molecule has 1 aliphatic rings. The van der Waals surface area contributed by atoms with Gasteiger partial charge in [0.25, 0.3) is 11.7 Å². The Labute approximate surface area is 92.6 Å². The second-order valence-electron chi connectivity index (χ2n) is 3.45. The first kappa shape index (κ1) is 10.2. The number of nitrogens with zero attached hydrogens (tertiary/aromatic N) is 1. The number of rotatable bonds is 2. The van der Waals surface area contributed by atoms with Gasteiger partial charge < -0.3 is 4.90 Å². The molecular weight excluding hydrogens is 214 g/mol. The lowest BCUT2D eigenvalue weighted by molar-refractivity contribution is -0.114. The first-order chi connectivity index (χ1) is 7.16. The highest BCUT2D eigenvalue weighted by Crippen LogP contribution is 2.31. The van der Waals surface area contributed by atoms with Crippen LogP contribution in [0.2, 0.25) is 0 Å². The molecule has 1 aromatic carbocycles. The van der Waals surface area contributed by atoms with Crippen LogP contribution in [0.4, 0.5) is 5.69 Å². The fraction of sp³-hybridized carbons (Fsp3) is 0.273. The highest BCUT2D eigenvalue weighted by atomic mass is 35.5. The third kappa shape index (κ3) is 1.43. The molecule has 0 saturated heterocycles. The lowest BCUT2D eigenvalue weighted by Gasteiger charge is -2.16. The second-order valence-corrected chi connectivity index (χ2v) is 3.82. The van der Waals surface area contributed by atoms with Crippen molar-refractivity contribution in [2.75, 3.05) is 17.3 Å². The molecular formula is C11H10ClNO2. The molecule has 15 heavy (non-hydrogen) atoms. The van der Waals surface area contributed by atoms with Gasteiger partial charge in [-0.2, -0.15) is 0 Å². The second kappa shape index (κ2) is 3.66. The van der Waals surface area contributed by atoms with Crippen molar-refractivity contribution in [3.63, 3.8) is 0 Å². The van der Waals surface area contributed by atoms with E-state index in [1.807, 2.05) is 13.0 Å². The van der Waals surface area contributed by atoms with E-state index in [1.165, 1.54) is 4.90 Å². The standard InChI is InChI=1S/C11H10ClNO2/c1-7-3-2-4-8-9(7)13(6-5-12)11(15)10(8)14/h2-4H,5-6H2,1H3. The van der Waals surface area contributed by atoms with E-state index >= 15 is 0 Å². The topological polar surface area (TPSA) is 37.4 Å². The van der Waals surface area contributed by atoms with Gasteiger partial charge in [-0.3, -0.25) is 9.59 Å². The summed E-state index contributed by atoms with van der Waals surface area (Å²) in [4.78, 5) is 24.7. The Morgan fingerprint density at radius 3 is 2.73 bits per heavy atom. The number of aryl methyl sites for hydroxylation is 1. The quantitative estimate of drug-likeness (QED) is 0.566. The largest absolute Gasteiger partial charge is 0.303 e.